The Labute approximate surface area is 140 Å². The number of nitrogens with zero attached hydrogens (tertiary/aromatic N) is 2. The molecule has 0 bridgehead atoms. The van der Waals surface area contributed by atoms with Gasteiger partial charge >= 0.3 is 0 Å². The lowest BCUT2D eigenvalue weighted by molar-refractivity contribution is -0.107. The molecule has 0 radical (unpaired) electrons. The minimum absolute atomic E-state index is 0.176. The van der Waals surface area contributed by atoms with E-state index in [4.69, 9.17) is 9.47 Å². The van der Waals surface area contributed by atoms with E-state index in [9.17, 15) is 4.79 Å². The first-order valence-corrected chi connectivity index (χ1v) is 8.02. The minimum Gasteiger partial charge on any atom is -0.473 e. The van der Waals surface area contributed by atoms with Gasteiger partial charge in [0.25, 0.3) is 0 Å². The molecule has 0 aliphatic carbocycles. The summed E-state index contributed by atoms with van der Waals surface area (Å²) in [6.45, 7) is 0. The number of hydrogen-bond acceptors (Lipinski definition) is 6. The topological polar surface area (TPSA) is 63.5 Å². The van der Waals surface area contributed by atoms with Crippen molar-refractivity contribution in [3.8, 4) is 17.2 Å². The van der Waals surface area contributed by atoms with Crippen LogP contribution in [0, 0.1) is 0 Å². The van der Waals surface area contributed by atoms with Crippen molar-refractivity contribution in [2.45, 2.75) is 25.1 Å². The van der Waals surface area contributed by atoms with Gasteiger partial charge in [-0.1, -0.05) is 0 Å². The Morgan fingerprint density at radius 3 is 3.08 bits per heavy atom. The van der Waals surface area contributed by atoms with Gasteiger partial charge in [0.05, 0.1) is 6.04 Å². The third-order valence-electron chi connectivity index (χ3n) is 4.56. The van der Waals surface area contributed by atoms with Gasteiger partial charge in [0.2, 0.25) is 0 Å². The summed E-state index contributed by atoms with van der Waals surface area (Å²) >= 11 is 0. The van der Waals surface area contributed by atoms with Crippen LogP contribution < -0.4 is 14.8 Å². The van der Waals surface area contributed by atoms with E-state index < -0.39 is 0 Å². The molecule has 1 aromatic heterocycles. The third-order valence-corrected chi connectivity index (χ3v) is 4.56. The molecule has 24 heavy (non-hydrogen) atoms. The van der Waals surface area contributed by atoms with Crippen molar-refractivity contribution in [1.29, 1.82) is 0 Å². The van der Waals surface area contributed by atoms with Crippen LogP contribution in [-0.4, -0.2) is 36.5 Å². The molecule has 6 heteroatoms. The number of aromatic nitrogens is 1. The smallest absolute Gasteiger partial charge is 0.173 e. The van der Waals surface area contributed by atoms with Crippen molar-refractivity contribution < 1.29 is 14.3 Å². The Kier molecular flexibility index (Phi) is 3.61. The number of pyridine rings is 1. The van der Waals surface area contributed by atoms with Gasteiger partial charge in [-0.05, 0) is 37.7 Å². The number of benzene rings is 1. The summed E-state index contributed by atoms with van der Waals surface area (Å²) in [4.78, 5) is 17.2. The number of fused-ring (bicyclic) bond motifs is 3. The zero-order chi connectivity index (χ0) is 16.7. The summed E-state index contributed by atoms with van der Waals surface area (Å²) in [6.07, 6.45) is 3.81. The van der Waals surface area contributed by atoms with Crippen LogP contribution in [0.2, 0.25) is 0 Å². The second kappa shape index (κ2) is 5.79. The fraction of sp³-hybridized carbons (Fsp3) is 0.333. The normalized spacial score (nSPS) is 23.0. The van der Waals surface area contributed by atoms with E-state index in [2.05, 4.69) is 15.2 Å². The molecule has 0 spiro atoms. The second-order valence-corrected chi connectivity index (χ2v) is 6.01. The highest BCUT2D eigenvalue weighted by molar-refractivity contribution is 5.57. The number of nitrogens with one attached hydrogen (secondary N) is 1. The van der Waals surface area contributed by atoms with Crippen LogP contribution >= 0.6 is 0 Å². The van der Waals surface area contributed by atoms with Crippen molar-refractivity contribution in [3.63, 3.8) is 0 Å². The SMILES string of the molecule is CNc1nccc(Oc2ccc3c(c2)C2C(O3)N2C)c1CCC=O. The van der Waals surface area contributed by atoms with E-state index in [1.807, 2.05) is 38.4 Å². The summed E-state index contributed by atoms with van der Waals surface area (Å²) < 4.78 is 11.9. The van der Waals surface area contributed by atoms with Crippen LogP contribution in [0.4, 0.5) is 5.82 Å². The molecule has 2 aromatic rings. The highest BCUT2D eigenvalue weighted by Crippen LogP contribution is 2.53. The van der Waals surface area contributed by atoms with E-state index in [0.717, 1.165) is 40.5 Å². The lowest BCUT2D eigenvalue weighted by atomic mass is 10.1. The highest BCUT2D eigenvalue weighted by Gasteiger charge is 2.54. The van der Waals surface area contributed by atoms with E-state index in [1.54, 1.807) is 6.20 Å². The summed E-state index contributed by atoms with van der Waals surface area (Å²) in [6, 6.07) is 8.06. The molecule has 1 fully saturated rings. The molecule has 3 unspecified atom stereocenters. The zero-order valence-electron chi connectivity index (χ0n) is 13.7. The fourth-order valence-electron chi connectivity index (χ4n) is 3.25. The van der Waals surface area contributed by atoms with Crippen molar-refractivity contribution in [3.05, 3.63) is 41.6 Å². The average Bonchev–Trinajstić information content (AvgIpc) is 3.06. The molecule has 4 rings (SSSR count). The summed E-state index contributed by atoms with van der Waals surface area (Å²) in [5.74, 6) is 3.15. The van der Waals surface area contributed by atoms with Crippen LogP contribution in [0.25, 0.3) is 0 Å². The quantitative estimate of drug-likeness (QED) is 0.651. The molecule has 124 valence electrons. The largest absolute Gasteiger partial charge is 0.473 e. The lowest BCUT2D eigenvalue weighted by Gasteiger charge is -2.15. The van der Waals surface area contributed by atoms with Gasteiger partial charge in [0.15, 0.2) is 6.23 Å². The van der Waals surface area contributed by atoms with Crippen LogP contribution in [0.5, 0.6) is 17.2 Å². The highest BCUT2D eigenvalue weighted by atomic mass is 16.5. The molecule has 2 aliphatic rings. The van der Waals surface area contributed by atoms with Crippen LogP contribution in [0.15, 0.2) is 30.5 Å². The predicted molar refractivity (Wildman–Crippen MR) is 89.6 cm³/mol. The maximum Gasteiger partial charge on any atom is 0.173 e. The van der Waals surface area contributed by atoms with Crippen molar-refractivity contribution in [1.82, 2.24) is 9.88 Å². The number of hydrogen-bond donors (Lipinski definition) is 1. The van der Waals surface area contributed by atoms with Crippen LogP contribution in [0.1, 0.15) is 23.6 Å². The van der Waals surface area contributed by atoms with Gasteiger partial charge in [-0.25, -0.2) is 4.98 Å². The maximum atomic E-state index is 10.7. The predicted octanol–water partition coefficient (Wildman–Crippen LogP) is 2.75. The van der Waals surface area contributed by atoms with Crippen molar-refractivity contribution in [2.75, 3.05) is 19.4 Å². The minimum atomic E-state index is 0.176. The Hall–Kier alpha value is -2.60. The number of rotatable bonds is 6. The standard InChI is InChI=1S/C18H19N3O3/c1-19-17-12(4-3-9-22)15(7-8-20-17)23-11-5-6-14-13(10-11)16-18(24-14)21(16)2/h5-10,16,18H,3-4H2,1-2H3,(H,19,20). The van der Waals surface area contributed by atoms with Crippen molar-refractivity contribution >= 4 is 12.1 Å². The van der Waals surface area contributed by atoms with Gasteiger partial charge in [-0.15, -0.1) is 0 Å². The number of aldehydes is 1. The fourth-order valence-corrected chi connectivity index (χ4v) is 3.25. The summed E-state index contributed by atoms with van der Waals surface area (Å²) in [5.41, 5.74) is 2.07. The lowest BCUT2D eigenvalue weighted by Crippen LogP contribution is -2.04. The molecule has 0 saturated carbocycles. The van der Waals surface area contributed by atoms with Gasteiger partial charge < -0.3 is 19.6 Å². The molecular weight excluding hydrogens is 306 g/mol. The first-order chi connectivity index (χ1) is 11.7. The molecule has 1 aromatic carbocycles. The molecule has 3 atom stereocenters. The number of carbonyl (C=O) groups is 1. The molecule has 6 nitrogen and oxygen atoms in total. The Morgan fingerprint density at radius 2 is 2.29 bits per heavy atom. The summed E-state index contributed by atoms with van der Waals surface area (Å²) in [5, 5.41) is 3.06. The maximum absolute atomic E-state index is 10.7. The third kappa shape index (κ3) is 2.39. The van der Waals surface area contributed by atoms with E-state index in [-0.39, 0.29) is 6.23 Å². The van der Waals surface area contributed by atoms with Gasteiger partial charge in [0, 0.05) is 30.8 Å². The Bertz CT molecular complexity index is 793. The number of anilines is 1. The van der Waals surface area contributed by atoms with Crippen LogP contribution in [0.3, 0.4) is 0 Å². The number of likely N-dealkylation sites (N-methyl/N-ethyl adjacent to an activating group) is 1. The van der Waals surface area contributed by atoms with E-state index in [1.165, 1.54) is 0 Å². The Balaban J connectivity index is 1.63. The monoisotopic (exact) mass is 325 g/mol. The molecular formula is C18H19N3O3. The van der Waals surface area contributed by atoms with E-state index in [0.29, 0.717) is 18.9 Å². The van der Waals surface area contributed by atoms with Crippen molar-refractivity contribution in [2.24, 2.45) is 0 Å². The van der Waals surface area contributed by atoms with Gasteiger partial charge in [0.1, 0.15) is 29.4 Å². The summed E-state index contributed by atoms with van der Waals surface area (Å²) in [7, 11) is 3.86. The first kappa shape index (κ1) is 15.0. The number of carbonyl (C=O) groups excluding carboxylic acids is 1. The average molecular weight is 325 g/mol. The Morgan fingerprint density at radius 1 is 1.42 bits per heavy atom. The first-order valence-electron chi connectivity index (χ1n) is 8.02. The zero-order valence-corrected chi connectivity index (χ0v) is 13.7. The van der Waals surface area contributed by atoms with Gasteiger partial charge in [-0.2, -0.15) is 0 Å². The van der Waals surface area contributed by atoms with Crippen LogP contribution in [-0.2, 0) is 11.2 Å². The van der Waals surface area contributed by atoms with E-state index >= 15 is 0 Å². The molecule has 2 aliphatic heterocycles. The molecule has 1 N–H and O–H groups in total. The second-order valence-electron chi connectivity index (χ2n) is 6.01. The molecule has 1 saturated heterocycles. The van der Waals surface area contributed by atoms with Gasteiger partial charge in [-0.3, -0.25) is 4.90 Å². The molecule has 0 amide bonds. The number of ether oxygens (including phenoxy) is 2. The molecule has 3 heterocycles.